The van der Waals surface area contributed by atoms with Gasteiger partial charge in [-0.3, -0.25) is 9.59 Å². The summed E-state index contributed by atoms with van der Waals surface area (Å²) in [5.74, 6) is -0.351. The van der Waals surface area contributed by atoms with Crippen LogP contribution in [-0.4, -0.2) is 24.1 Å². The number of carbonyl (C=O) groups excluding carboxylic acids is 2. The third kappa shape index (κ3) is 3.56. The van der Waals surface area contributed by atoms with Crippen molar-refractivity contribution in [2.75, 3.05) is 6.54 Å². The van der Waals surface area contributed by atoms with E-state index in [1.165, 1.54) is 5.39 Å². The number of benzene rings is 2. The van der Waals surface area contributed by atoms with Crippen molar-refractivity contribution in [1.82, 2.24) is 10.7 Å². The number of hydrogen-bond donors (Lipinski definition) is 2. The normalized spacial score (nSPS) is 17.0. The fourth-order valence-electron chi connectivity index (χ4n) is 2.78. The molecule has 0 saturated heterocycles. The highest BCUT2D eigenvalue weighted by Gasteiger charge is 2.26. The Balaban J connectivity index is 1.52. The smallest absolute Gasteiger partial charge is 0.248 e. The van der Waals surface area contributed by atoms with E-state index in [0.717, 1.165) is 16.7 Å². The molecule has 3 rings (SSSR count). The average molecular weight is 309 g/mol. The zero-order valence-corrected chi connectivity index (χ0v) is 13.0. The SMILES string of the molecule is CC1=NNC(=O)[C@H]1CCNC(=O)Cc1ccc2ccccc2c1. The number of fused-ring (bicyclic) bond motifs is 1. The third-order valence-corrected chi connectivity index (χ3v) is 4.10. The van der Waals surface area contributed by atoms with E-state index in [1.54, 1.807) is 0 Å². The van der Waals surface area contributed by atoms with E-state index in [-0.39, 0.29) is 17.7 Å². The highest BCUT2D eigenvalue weighted by molar-refractivity contribution is 6.06. The molecule has 0 saturated carbocycles. The van der Waals surface area contributed by atoms with Gasteiger partial charge in [0.2, 0.25) is 11.8 Å². The summed E-state index contributed by atoms with van der Waals surface area (Å²) in [6, 6.07) is 14.1. The first-order valence-corrected chi connectivity index (χ1v) is 7.72. The van der Waals surface area contributed by atoms with Crippen LogP contribution in [0.25, 0.3) is 10.8 Å². The van der Waals surface area contributed by atoms with E-state index in [1.807, 2.05) is 43.3 Å². The number of amides is 2. The Labute approximate surface area is 134 Å². The lowest BCUT2D eigenvalue weighted by molar-refractivity contribution is -0.123. The van der Waals surface area contributed by atoms with Gasteiger partial charge in [-0.1, -0.05) is 42.5 Å². The summed E-state index contributed by atoms with van der Waals surface area (Å²) in [5, 5.41) is 9.07. The van der Waals surface area contributed by atoms with Crippen LogP contribution in [0.2, 0.25) is 0 Å². The van der Waals surface area contributed by atoms with Crippen LogP contribution in [0.1, 0.15) is 18.9 Å². The minimum absolute atomic E-state index is 0.0340. The van der Waals surface area contributed by atoms with Crippen LogP contribution in [0.5, 0.6) is 0 Å². The molecular weight excluding hydrogens is 290 g/mol. The average Bonchev–Trinajstić information content (AvgIpc) is 2.86. The second kappa shape index (κ2) is 6.60. The molecule has 2 aromatic rings. The Bertz CT molecular complexity index is 783. The molecule has 0 spiro atoms. The van der Waals surface area contributed by atoms with E-state index in [2.05, 4.69) is 21.9 Å². The monoisotopic (exact) mass is 309 g/mol. The van der Waals surface area contributed by atoms with E-state index in [0.29, 0.717) is 19.4 Å². The standard InChI is InChI=1S/C18H19N3O2/c1-12-16(18(23)21-20-12)8-9-19-17(22)11-13-6-7-14-4-2-3-5-15(14)10-13/h2-7,10,16H,8-9,11H2,1H3,(H,19,22)(H,21,23)/t16-/m0/s1. The zero-order chi connectivity index (χ0) is 16.2. The molecule has 1 heterocycles. The van der Waals surface area contributed by atoms with Gasteiger partial charge in [-0.25, -0.2) is 5.43 Å². The van der Waals surface area contributed by atoms with Crippen LogP contribution >= 0.6 is 0 Å². The fraction of sp³-hybridized carbons (Fsp3) is 0.278. The molecule has 23 heavy (non-hydrogen) atoms. The highest BCUT2D eigenvalue weighted by Crippen LogP contribution is 2.16. The molecule has 1 aliphatic rings. The van der Waals surface area contributed by atoms with Crippen LogP contribution in [0.15, 0.2) is 47.6 Å². The van der Waals surface area contributed by atoms with Crippen LogP contribution < -0.4 is 10.7 Å². The lowest BCUT2D eigenvalue weighted by Gasteiger charge is -2.09. The summed E-state index contributed by atoms with van der Waals surface area (Å²) in [6.45, 7) is 2.29. The summed E-state index contributed by atoms with van der Waals surface area (Å²) in [5.41, 5.74) is 4.21. The molecule has 0 bridgehead atoms. The Morgan fingerprint density at radius 2 is 2.00 bits per heavy atom. The van der Waals surface area contributed by atoms with Gasteiger partial charge in [0.25, 0.3) is 0 Å². The van der Waals surface area contributed by atoms with Gasteiger partial charge in [0.15, 0.2) is 0 Å². The Kier molecular flexibility index (Phi) is 4.37. The van der Waals surface area contributed by atoms with Crippen molar-refractivity contribution in [3.05, 3.63) is 48.0 Å². The summed E-state index contributed by atoms with van der Waals surface area (Å²) in [4.78, 5) is 23.6. The van der Waals surface area contributed by atoms with Gasteiger partial charge >= 0.3 is 0 Å². The van der Waals surface area contributed by atoms with Crippen molar-refractivity contribution in [1.29, 1.82) is 0 Å². The van der Waals surface area contributed by atoms with E-state index >= 15 is 0 Å². The lowest BCUT2D eigenvalue weighted by atomic mass is 10.0. The molecule has 1 atom stereocenters. The summed E-state index contributed by atoms with van der Waals surface area (Å²) in [6.07, 6.45) is 0.916. The molecule has 118 valence electrons. The van der Waals surface area contributed by atoms with Crippen molar-refractivity contribution in [3.8, 4) is 0 Å². The Morgan fingerprint density at radius 1 is 1.22 bits per heavy atom. The number of rotatable bonds is 5. The van der Waals surface area contributed by atoms with Gasteiger partial charge in [0, 0.05) is 12.3 Å². The van der Waals surface area contributed by atoms with Gasteiger partial charge in [0.05, 0.1) is 12.3 Å². The van der Waals surface area contributed by atoms with Crippen LogP contribution in [-0.2, 0) is 16.0 Å². The molecule has 1 aliphatic heterocycles. The summed E-state index contributed by atoms with van der Waals surface area (Å²) >= 11 is 0. The van der Waals surface area contributed by atoms with Gasteiger partial charge in [-0.05, 0) is 29.7 Å². The molecule has 2 N–H and O–H groups in total. The largest absolute Gasteiger partial charge is 0.356 e. The molecule has 0 aromatic heterocycles. The molecule has 0 aliphatic carbocycles. The van der Waals surface area contributed by atoms with E-state index in [4.69, 9.17) is 0 Å². The first-order chi connectivity index (χ1) is 11.1. The van der Waals surface area contributed by atoms with Gasteiger partial charge in [-0.2, -0.15) is 5.10 Å². The van der Waals surface area contributed by atoms with E-state index in [9.17, 15) is 9.59 Å². The molecule has 0 radical (unpaired) electrons. The van der Waals surface area contributed by atoms with E-state index < -0.39 is 0 Å². The maximum absolute atomic E-state index is 12.0. The second-order valence-electron chi connectivity index (χ2n) is 5.78. The number of nitrogens with zero attached hydrogens (tertiary/aromatic N) is 1. The van der Waals surface area contributed by atoms with Crippen molar-refractivity contribution in [3.63, 3.8) is 0 Å². The molecule has 5 nitrogen and oxygen atoms in total. The molecular formula is C18H19N3O2. The van der Waals surface area contributed by atoms with Gasteiger partial charge in [-0.15, -0.1) is 0 Å². The van der Waals surface area contributed by atoms with Gasteiger partial charge < -0.3 is 5.32 Å². The third-order valence-electron chi connectivity index (χ3n) is 4.10. The quantitative estimate of drug-likeness (QED) is 0.887. The van der Waals surface area contributed by atoms with Crippen LogP contribution in [0.4, 0.5) is 0 Å². The van der Waals surface area contributed by atoms with Crippen molar-refractivity contribution in [2.24, 2.45) is 11.0 Å². The van der Waals surface area contributed by atoms with Crippen molar-refractivity contribution >= 4 is 28.3 Å². The first-order valence-electron chi connectivity index (χ1n) is 7.72. The fourth-order valence-corrected chi connectivity index (χ4v) is 2.78. The number of carbonyl (C=O) groups is 2. The lowest BCUT2D eigenvalue weighted by Crippen LogP contribution is -2.31. The second-order valence-corrected chi connectivity index (χ2v) is 5.78. The predicted molar refractivity (Wildman–Crippen MR) is 90.0 cm³/mol. The molecule has 2 aromatic carbocycles. The highest BCUT2D eigenvalue weighted by atomic mass is 16.2. The van der Waals surface area contributed by atoms with Crippen molar-refractivity contribution < 1.29 is 9.59 Å². The summed E-state index contributed by atoms with van der Waals surface area (Å²) < 4.78 is 0. The maximum Gasteiger partial charge on any atom is 0.248 e. The maximum atomic E-state index is 12.0. The molecule has 0 fully saturated rings. The van der Waals surface area contributed by atoms with Gasteiger partial charge in [0.1, 0.15) is 0 Å². The zero-order valence-electron chi connectivity index (χ0n) is 13.0. The summed E-state index contributed by atoms with van der Waals surface area (Å²) in [7, 11) is 0. The molecule has 2 amide bonds. The Hall–Kier alpha value is -2.69. The number of nitrogens with one attached hydrogen (secondary N) is 2. The molecule has 0 unspecified atom stereocenters. The van der Waals surface area contributed by atoms with Crippen LogP contribution in [0, 0.1) is 5.92 Å². The van der Waals surface area contributed by atoms with Crippen molar-refractivity contribution in [2.45, 2.75) is 19.8 Å². The van der Waals surface area contributed by atoms with Crippen LogP contribution in [0.3, 0.4) is 0 Å². The number of hydrazone groups is 1. The number of hydrogen-bond acceptors (Lipinski definition) is 3. The minimum Gasteiger partial charge on any atom is -0.356 e. The Morgan fingerprint density at radius 3 is 2.74 bits per heavy atom. The minimum atomic E-state index is -0.226. The molecule has 5 heteroatoms. The predicted octanol–water partition coefficient (Wildman–Crippen LogP) is 2.01. The first kappa shape index (κ1) is 15.2. The topological polar surface area (TPSA) is 70.6 Å².